The third-order valence-corrected chi connectivity index (χ3v) is 7.66. The second-order valence-corrected chi connectivity index (χ2v) is 9.71. The standard InChI is InChI=1S/C27H29Cl2N3O/c1-20(21-8-4-3-5-9-21)31(2)17-15-27(22-11-12-23(28)24(29)18-22)14-13-26(33)32(19-27)25-10-6-7-16-30-25/h3-12,16,18,20H,13-15,17,19H2,1-2H3/t20-,27-/m0/s1. The SMILES string of the molecule is C[C@@H](c1ccccc1)N(C)CC[C@@]1(c2ccc(Cl)c(Cl)c2)CCC(=O)N(c2ccccn2)C1. The number of anilines is 1. The Hall–Kier alpha value is -2.40. The molecule has 0 aliphatic carbocycles. The summed E-state index contributed by atoms with van der Waals surface area (Å²) < 4.78 is 0. The summed E-state index contributed by atoms with van der Waals surface area (Å²) in [6.07, 6.45) is 3.85. The molecule has 1 aromatic heterocycles. The lowest BCUT2D eigenvalue weighted by Gasteiger charge is -2.44. The van der Waals surface area contributed by atoms with E-state index in [-0.39, 0.29) is 17.4 Å². The number of rotatable bonds is 7. The molecule has 0 saturated carbocycles. The topological polar surface area (TPSA) is 36.4 Å². The third-order valence-electron chi connectivity index (χ3n) is 6.92. The molecule has 172 valence electrons. The lowest BCUT2D eigenvalue weighted by molar-refractivity contribution is -0.120. The van der Waals surface area contributed by atoms with Gasteiger partial charge in [0.15, 0.2) is 0 Å². The van der Waals surface area contributed by atoms with Crippen molar-refractivity contribution in [2.75, 3.05) is 25.0 Å². The van der Waals surface area contributed by atoms with Crippen molar-refractivity contribution >= 4 is 34.9 Å². The number of piperidine rings is 1. The summed E-state index contributed by atoms with van der Waals surface area (Å²) in [4.78, 5) is 21.5. The van der Waals surface area contributed by atoms with Gasteiger partial charge < -0.3 is 0 Å². The number of halogens is 2. The number of benzene rings is 2. The van der Waals surface area contributed by atoms with E-state index in [1.807, 2.05) is 41.3 Å². The van der Waals surface area contributed by atoms with Gasteiger partial charge in [-0.05, 0) is 68.8 Å². The van der Waals surface area contributed by atoms with Crippen LogP contribution in [-0.4, -0.2) is 35.9 Å². The molecule has 1 saturated heterocycles. The van der Waals surface area contributed by atoms with Crippen LogP contribution in [0, 0.1) is 0 Å². The largest absolute Gasteiger partial charge is 0.300 e. The molecular weight excluding hydrogens is 453 g/mol. The van der Waals surface area contributed by atoms with Gasteiger partial charge in [0.1, 0.15) is 5.82 Å². The van der Waals surface area contributed by atoms with Crippen molar-refractivity contribution in [1.82, 2.24) is 9.88 Å². The normalized spacial score (nSPS) is 19.7. The molecule has 0 spiro atoms. The van der Waals surface area contributed by atoms with Crippen molar-refractivity contribution in [3.63, 3.8) is 0 Å². The molecule has 1 amide bonds. The van der Waals surface area contributed by atoms with Crippen LogP contribution >= 0.6 is 23.2 Å². The second kappa shape index (κ2) is 10.3. The van der Waals surface area contributed by atoms with Crippen molar-refractivity contribution in [2.24, 2.45) is 0 Å². The van der Waals surface area contributed by atoms with Crippen molar-refractivity contribution in [3.8, 4) is 0 Å². The molecule has 6 heteroatoms. The first-order chi connectivity index (χ1) is 15.9. The molecule has 2 aromatic carbocycles. The van der Waals surface area contributed by atoms with Crippen LogP contribution in [0.1, 0.15) is 43.4 Å². The molecule has 0 bridgehead atoms. The molecule has 0 unspecified atom stereocenters. The van der Waals surface area contributed by atoms with E-state index in [4.69, 9.17) is 23.2 Å². The van der Waals surface area contributed by atoms with E-state index in [9.17, 15) is 4.79 Å². The Kier molecular flexibility index (Phi) is 7.38. The Morgan fingerprint density at radius 3 is 2.52 bits per heavy atom. The minimum Gasteiger partial charge on any atom is -0.300 e. The van der Waals surface area contributed by atoms with Gasteiger partial charge in [-0.1, -0.05) is 65.7 Å². The number of carbonyl (C=O) groups excluding carboxylic acids is 1. The van der Waals surface area contributed by atoms with E-state index in [1.165, 1.54) is 5.56 Å². The Bertz CT molecular complexity index is 1090. The maximum absolute atomic E-state index is 12.9. The average molecular weight is 482 g/mol. The van der Waals surface area contributed by atoms with Crippen LogP contribution in [0.4, 0.5) is 5.82 Å². The number of carbonyl (C=O) groups is 1. The fourth-order valence-corrected chi connectivity index (χ4v) is 4.95. The van der Waals surface area contributed by atoms with Crippen LogP contribution in [0.3, 0.4) is 0 Å². The molecule has 3 aromatic rings. The van der Waals surface area contributed by atoms with E-state index < -0.39 is 0 Å². The van der Waals surface area contributed by atoms with Gasteiger partial charge in [0.25, 0.3) is 0 Å². The summed E-state index contributed by atoms with van der Waals surface area (Å²) >= 11 is 12.7. The lowest BCUT2D eigenvalue weighted by Crippen LogP contribution is -2.50. The highest BCUT2D eigenvalue weighted by atomic mass is 35.5. The average Bonchev–Trinajstić information content (AvgIpc) is 2.86. The van der Waals surface area contributed by atoms with E-state index >= 15 is 0 Å². The molecule has 4 rings (SSSR count). The zero-order valence-electron chi connectivity index (χ0n) is 19.0. The van der Waals surface area contributed by atoms with Gasteiger partial charge >= 0.3 is 0 Å². The summed E-state index contributed by atoms with van der Waals surface area (Å²) in [6, 6.07) is 22.4. The zero-order valence-corrected chi connectivity index (χ0v) is 20.6. The Labute approximate surface area is 206 Å². The van der Waals surface area contributed by atoms with Gasteiger partial charge in [0.2, 0.25) is 5.91 Å². The molecule has 1 fully saturated rings. The highest BCUT2D eigenvalue weighted by molar-refractivity contribution is 6.42. The van der Waals surface area contributed by atoms with Crippen molar-refractivity contribution < 1.29 is 4.79 Å². The van der Waals surface area contributed by atoms with Crippen molar-refractivity contribution in [1.29, 1.82) is 0 Å². The van der Waals surface area contributed by atoms with Crippen molar-refractivity contribution in [3.05, 3.63) is 94.1 Å². The van der Waals surface area contributed by atoms with Gasteiger partial charge in [-0.25, -0.2) is 4.98 Å². The predicted octanol–water partition coefficient (Wildman–Crippen LogP) is 6.54. The minimum atomic E-state index is -0.246. The van der Waals surface area contributed by atoms with E-state index in [1.54, 1.807) is 6.20 Å². The fourth-order valence-electron chi connectivity index (χ4n) is 4.65. The van der Waals surface area contributed by atoms with Gasteiger partial charge in [0.05, 0.1) is 10.0 Å². The number of hydrogen-bond acceptors (Lipinski definition) is 3. The molecule has 33 heavy (non-hydrogen) atoms. The molecule has 1 aliphatic heterocycles. The molecular formula is C27H29Cl2N3O. The maximum Gasteiger partial charge on any atom is 0.228 e. The van der Waals surface area contributed by atoms with Gasteiger partial charge in [-0.2, -0.15) is 0 Å². The first-order valence-corrected chi connectivity index (χ1v) is 12.1. The number of amides is 1. The predicted molar refractivity (Wildman–Crippen MR) is 136 cm³/mol. The first-order valence-electron chi connectivity index (χ1n) is 11.3. The van der Waals surface area contributed by atoms with Crippen LogP contribution in [0.2, 0.25) is 10.0 Å². The Morgan fingerprint density at radius 2 is 1.82 bits per heavy atom. The van der Waals surface area contributed by atoms with Crippen LogP contribution in [-0.2, 0) is 10.2 Å². The van der Waals surface area contributed by atoms with Crippen LogP contribution in [0.15, 0.2) is 72.9 Å². The monoisotopic (exact) mass is 481 g/mol. The summed E-state index contributed by atoms with van der Waals surface area (Å²) in [7, 11) is 2.16. The molecule has 0 radical (unpaired) electrons. The molecule has 2 heterocycles. The summed E-state index contributed by atoms with van der Waals surface area (Å²) in [5.74, 6) is 0.799. The third kappa shape index (κ3) is 5.24. The van der Waals surface area contributed by atoms with Crippen LogP contribution in [0.25, 0.3) is 0 Å². The Balaban J connectivity index is 1.63. The minimum absolute atomic E-state index is 0.107. The molecule has 0 N–H and O–H groups in total. The summed E-state index contributed by atoms with van der Waals surface area (Å²) in [5.41, 5.74) is 2.16. The number of pyridine rings is 1. The quantitative estimate of drug-likeness (QED) is 0.384. The van der Waals surface area contributed by atoms with Crippen molar-refractivity contribution in [2.45, 2.75) is 37.6 Å². The van der Waals surface area contributed by atoms with E-state index in [2.05, 4.69) is 54.2 Å². The summed E-state index contributed by atoms with van der Waals surface area (Å²) in [6.45, 7) is 3.67. The van der Waals surface area contributed by atoms with Gasteiger partial charge in [-0.3, -0.25) is 14.6 Å². The van der Waals surface area contributed by atoms with E-state index in [0.717, 1.165) is 24.9 Å². The van der Waals surface area contributed by atoms with Crippen LogP contribution < -0.4 is 4.90 Å². The Morgan fingerprint density at radius 1 is 1.06 bits per heavy atom. The first kappa shape index (κ1) is 23.7. The zero-order chi connectivity index (χ0) is 23.4. The maximum atomic E-state index is 12.9. The molecule has 4 nitrogen and oxygen atoms in total. The van der Waals surface area contributed by atoms with Crippen LogP contribution in [0.5, 0.6) is 0 Å². The summed E-state index contributed by atoms with van der Waals surface area (Å²) in [5, 5.41) is 1.08. The molecule has 2 atom stereocenters. The van der Waals surface area contributed by atoms with E-state index in [0.29, 0.717) is 28.8 Å². The number of hydrogen-bond donors (Lipinski definition) is 0. The van der Waals surface area contributed by atoms with Gasteiger partial charge in [0, 0.05) is 30.6 Å². The smallest absolute Gasteiger partial charge is 0.228 e. The van der Waals surface area contributed by atoms with Gasteiger partial charge in [-0.15, -0.1) is 0 Å². The fraction of sp³-hybridized carbons (Fsp3) is 0.333. The number of nitrogens with zero attached hydrogens (tertiary/aromatic N) is 3. The second-order valence-electron chi connectivity index (χ2n) is 8.89. The lowest BCUT2D eigenvalue weighted by atomic mass is 9.71. The highest BCUT2D eigenvalue weighted by Gasteiger charge is 2.41. The molecule has 1 aliphatic rings. The number of aromatic nitrogens is 1. The highest BCUT2D eigenvalue weighted by Crippen LogP contribution is 2.41.